The highest BCUT2D eigenvalue weighted by Crippen LogP contribution is 2.26. The molecule has 0 radical (unpaired) electrons. The Balaban J connectivity index is 2.55. The minimum atomic E-state index is -0.318. The van der Waals surface area contributed by atoms with Gasteiger partial charge >= 0.3 is 0 Å². The molecule has 0 aromatic heterocycles. The van der Waals surface area contributed by atoms with E-state index in [0.717, 1.165) is 25.7 Å². The molecule has 0 bridgehead atoms. The van der Waals surface area contributed by atoms with Gasteiger partial charge in [-0.15, -0.1) is 0 Å². The molecule has 15 heavy (non-hydrogen) atoms. The Hall–Kier alpha value is -0.900. The van der Waals surface area contributed by atoms with Crippen LogP contribution >= 0.6 is 0 Å². The molecule has 0 saturated heterocycles. The van der Waals surface area contributed by atoms with E-state index in [1.54, 1.807) is 0 Å². The zero-order chi connectivity index (χ0) is 11.3. The van der Waals surface area contributed by atoms with Gasteiger partial charge in [-0.05, 0) is 25.7 Å². The first-order valence-corrected chi connectivity index (χ1v) is 5.65. The second-order valence-corrected chi connectivity index (χ2v) is 4.26. The second-order valence-electron chi connectivity index (χ2n) is 4.26. The maximum atomic E-state index is 11.4. The van der Waals surface area contributed by atoms with E-state index < -0.39 is 0 Å². The molecule has 3 N–H and O–H groups in total. The summed E-state index contributed by atoms with van der Waals surface area (Å²) in [7, 11) is 0. The molecule has 1 aliphatic rings. The average Bonchev–Trinajstić information content (AvgIpc) is 2.26. The Morgan fingerprint density at radius 3 is 2.40 bits per heavy atom. The SMILES string of the molecule is CC(=O)C(NC(=O)CN)C1CCCCC1. The highest BCUT2D eigenvalue weighted by Gasteiger charge is 2.27. The van der Waals surface area contributed by atoms with Crippen LogP contribution in [0.15, 0.2) is 0 Å². The van der Waals surface area contributed by atoms with Crippen LogP contribution in [0.25, 0.3) is 0 Å². The highest BCUT2D eigenvalue weighted by molar-refractivity contribution is 5.88. The molecule has 1 fully saturated rings. The van der Waals surface area contributed by atoms with Crippen LogP contribution < -0.4 is 11.1 Å². The molecule has 86 valence electrons. The number of nitrogens with two attached hydrogens (primary N) is 1. The first kappa shape index (κ1) is 12.2. The smallest absolute Gasteiger partial charge is 0.234 e. The summed E-state index contributed by atoms with van der Waals surface area (Å²) in [6.07, 6.45) is 5.63. The van der Waals surface area contributed by atoms with Gasteiger partial charge in [-0.3, -0.25) is 9.59 Å². The summed E-state index contributed by atoms with van der Waals surface area (Å²) in [6.45, 7) is 1.49. The molecule has 4 nitrogen and oxygen atoms in total. The number of ketones is 1. The van der Waals surface area contributed by atoms with E-state index in [0.29, 0.717) is 5.92 Å². The van der Waals surface area contributed by atoms with E-state index in [-0.39, 0.29) is 24.3 Å². The minimum Gasteiger partial charge on any atom is -0.345 e. The molecule has 0 heterocycles. The highest BCUT2D eigenvalue weighted by atomic mass is 16.2. The van der Waals surface area contributed by atoms with Gasteiger partial charge in [0.1, 0.15) is 0 Å². The fourth-order valence-electron chi connectivity index (χ4n) is 2.25. The van der Waals surface area contributed by atoms with E-state index in [2.05, 4.69) is 5.32 Å². The third-order valence-electron chi connectivity index (χ3n) is 3.06. The summed E-state index contributed by atoms with van der Waals surface area (Å²) in [5.74, 6) is 0.122. The van der Waals surface area contributed by atoms with Gasteiger partial charge in [-0.25, -0.2) is 0 Å². The number of amides is 1. The Kier molecular flexibility index (Phi) is 4.75. The predicted molar refractivity (Wildman–Crippen MR) is 58.2 cm³/mol. The Labute approximate surface area is 90.6 Å². The molecule has 1 unspecified atom stereocenters. The van der Waals surface area contributed by atoms with Gasteiger partial charge in [0, 0.05) is 0 Å². The fourth-order valence-corrected chi connectivity index (χ4v) is 2.25. The van der Waals surface area contributed by atoms with Gasteiger partial charge in [0.05, 0.1) is 12.6 Å². The number of rotatable bonds is 4. The van der Waals surface area contributed by atoms with E-state index in [9.17, 15) is 9.59 Å². The number of nitrogens with one attached hydrogen (secondary N) is 1. The molecule has 1 aliphatic carbocycles. The van der Waals surface area contributed by atoms with Crippen LogP contribution in [0.1, 0.15) is 39.0 Å². The van der Waals surface area contributed by atoms with Crippen molar-refractivity contribution in [1.82, 2.24) is 5.32 Å². The molecule has 1 amide bonds. The first-order valence-electron chi connectivity index (χ1n) is 5.65. The molecule has 1 rings (SSSR count). The lowest BCUT2D eigenvalue weighted by atomic mass is 9.82. The normalized spacial score (nSPS) is 19.6. The van der Waals surface area contributed by atoms with E-state index in [1.807, 2.05) is 0 Å². The summed E-state index contributed by atoms with van der Waals surface area (Å²) < 4.78 is 0. The lowest BCUT2D eigenvalue weighted by molar-refractivity contribution is -0.127. The van der Waals surface area contributed by atoms with Crippen molar-refractivity contribution in [3.63, 3.8) is 0 Å². The average molecular weight is 212 g/mol. The van der Waals surface area contributed by atoms with Crippen molar-refractivity contribution in [2.75, 3.05) is 6.54 Å². The number of hydrogen-bond acceptors (Lipinski definition) is 3. The molecule has 0 spiro atoms. The quantitative estimate of drug-likeness (QED) is 0.716. The molecule has 1 saturated carbocycles. The van der Waals surface area contributed by atoms with Gasteiger partial charge in [0.25, 0.3) is 0 Å². The molecule has 4 heteroatoms. The van der Waals surface area contributed by atoms with Crippen LogP contribution in [-0.4, -0.2) is 24.3 Å². The molecular weight excluding hydrogens is 192 g/mol. The number of Topliss-reactive ketones (excluding diaryl/α,β-unsaturated/α-hetero) is 1. The van der Waals surface area contributed by atoms with Crippen LogP contribution in [-0.2, 0) is 9.59 Å². The van der Waals surface area contributed by atoms with Gasteiger partial charge in [0.15, 0.2) is 5.78 Å². The van der Waals surface area contributed by atoms with Crippen molar-refractivity contribution in [3.05, 3.63) is 0 Å². The van der Waals surface area contributed by atoms with Crippen LogP contribution in [0.5, 0.6) is 0 Å². The Morgan fingerprint density at radius 2 is 1.93 bits per heavy atom. The number of carbonyl (C=O) groups is 2. The third-order valence-corrected chi connectivity index (χ3v) is 3.06. The Bertz CT molecular complexity index is 235. The van der Waals surface area contributed by atoms with Gasteiger partial charge in [-0.1, -0.05) is 19.3 Å². The molecule has 0 aliphatic heterocycles. The topological polar surface area (TPSA) is 72.2 Å². The minimum absolute atomic E-state index is 0.0451. The van der Waals surface area contributed by atoms with Gasteiger partial charge in [-0.2, -0.15) is 0 Å². The third kappa shape index (κ3) is 3.63. The van der Waals surface area contributed by atoms with E-state index >= 15 is 0 Å². The maximum Gasteiger partial charge on any atom is 0.234 e. The zero-order valence-electron chi connectivity index (χ0n) is 9.29. The van der Waals surface area contributed by atoms with Gasteiger partial charge < -0.3 is 11.1 Å². The van der Waals surface area contributed by atoms with Crippen molar-refractivity contribution in [2.45, 2.75) is 45.1 Å². The lowest BCUT2D eigenvalue weighted by Crippen LogP contribution is -2.47. The summed E-state index contributed by atoms with van der Waals surface area (Å²) in [4.78, 5) is 22.6. The van der Waals surface area contributed by atoms with Crippen molar-refractivity contribution in [2.24, 2.45) is 11.7 Å². The lowest BCUT2D eigenvalue weighted by Gasteiger charge is -2.29. The first-order chi connectivity index (χ1) is 7.15. The van der Waals surface area contributed by atoms with Crippen LogP contribution in [0.3, 0.4) is 0 Å². The van der Waals surface area contributed by atoms with E-state index in [4.69, 9.17) is 5.73 Å². The van der Waals surface area contributed by atoms with Crippen LogP contribution in [0.2, 0.25) is 0 Å². The predicted octanol–water partition coefficient (Wildman–Crippen LogP) is 0.599. The standard InChI is InChI=1S/C11H20N2O2/c1-8(14)11(13-10(15)7-12)9-5-3-2-4-6-9/h9,11H,2-7,12H2,1H3,(H,13,15). The molecular formula is C11H20N2O2. The summed E-state index contributed by atoms with van der Waals surface area (Å²) in [6, 6.07) is -0.318. The van der Waals surface area contributed by atoms with Crippen molar-refractivity contribution < 1.29 is 9.59 Å². The van der Waals surface area contributed by atoms with E-state index in [1.165, 1.54) is 13.3 Å². The zero-order valence-corrected chi connectivity index (χ0v) is 9.29. The van der Waals surface area contributed by atoms with Crippen LogP contribution in [0, 0.1) is 5.92 Å². The Morgan fingerprint density at radius 1 is 1.33 bits per heavy atom. The summed E-state index contributed by atoms with van der Waals surface area (Å²) >= 11 is 0. The largest absolute Gasteiger partial charge is 0.345 e. The summed E-state index contributed by atoms with van der Waals surface area (Å²) in [5, 5.41) is 2.72. The molecule has 0 aromatic carbocycles. The second kappa shape index (κ2) is 5.85. The van der Waals surface area contributed by atoms with Crippen molar-refractivity contribution in [3.8, 4) is 0 Å². The fraction of sp³-hybridized carbons (Fsp3) is 0.818. The van der Waals surface area contributed by atoms with Crippen molar-refractivity contribution in [1.29, 1.82) is 0 Å². The number of hydrogen-bond donors (Lipinski definition) is 2. The van der Waals surface area contributed by atoms with Crippen molar-refractivity contribution >= 4 is 11.7 Å². The molecule has 0 aromatic rings. The number of carbonyl (C=O) groups excluding carboxylic acids is 2. The van der Waals surface area contributed by atoms with Crippen LogP contribution in [0.4, 0.5) is 0 Å². The monoisotopic (exact) mass is 212 g/mol. The molecule has 1 atom stereocenters. The summed E-state index contributed by atoms with van der Waals surface area (Å²) in [5.41, 5.74) is 5.23. The van der Waals surface area contributed by atoms with Gasteiger partial charge in [0.2, 0.25) is 5.91 Å². The maximum absolute atomic E-state index is 11.4.